The zero-order chi connectivity index (χ0) is 24.1. The molecular weight excluding hydrogens is 456 g/mol. The lowest BCUT2D eigenvalue weighted by atomic mass is 10.0. The Morgan fingerprint density at radius 3 is 2.53 bits per heavy atom. The third-order valence-corrected chi connectivity index (χ3v) is 8.60. The quantitative estimate of drug-likeness (QED) is 0.447. The number of piperidine rings is 1. The lowest BCUT2D eigenvalue weighted by Crippen LogP contribution is -2.40. The lowest BCUT2D eigenvalue weighted by Gasteiger charge is -2.33. The van der Waals surface area contributed by atoms with Crippen molar-refractivity contribution in [3.8, 4) is 0 Å². The number of non-ortho nitro benzene ring substituents is 1. The summed E-state index contributed by atoms with van der Waals surface area (Å²) in [4.78, 5) is 13.2. The first-order valence-corrected chi connectivity index (χ1v) is 13.2. The summed E-state index contributed by atoms with van der Waals surface area (Å²) in [6.07, 6.45) is 3.67. The molecule has 0 aromatic heterocycles. The number of nitro benzene ring substituents is 1. The smallest absolute Gasteiger partial charge is 0.270 e. The number of ether oxygens (including phenoxy) is 1. The van der Waals surface area contributed by atoms with Crippen molar-refractivity contribution in [2.45, 2.75) is 50.2 Å². The maximum absolute atomic E-state index is 13.4. The number of nitrogens with zero attached hydrogens (tertiary/aromatic N) is 3. The maximum atomic E-state index is 13.4. The first-order chi connectivity index (χ1) is 16.4. The minimum absolute atomic E-state index is 0.0780. The van der Waals surface area contributed by atoms with E-state index in [9.17, 15) is 18.5 Å². The van der Waals surface area contributed by atoms with E-state index in [0.717, 1.165) is 24.7 Å². The number of nitro groups is 1. The minimum Gasteiger partial charge on any atom is -0.380 e. The van der Waals surface area contributed by atoms with E-state index in [-0.39, 0.29) is 23.7 Å². The van der Waals surface area contributed by atoms with Gasteiger partial charge in [-0.3, -0.25) is 15.0 Å². The Morgan fingerprint density at radius 2 is 1.82 bits per heavy atom. The van der Waals surface area contributed by atoms with Gasteiger partial charge in [0.05, 0.1) is 23.8 Å². The standard InChI is InChI=1S/C24H32N4O5S/c1-19-6-4-5-11-26(19)18-21-8-3-2-7-20(21)17-25-23-10-9-22(28(29)30)16-24(23)34(31,32)27-12-14-33-15-13-27/h2-3,7-10,16,19,25H,4-6,11-15,17-18H2,1H3. The largest absolute Gasteiger partial charge is 0.380 e. The van der Waals surface area contributed by atoms with Crippen molar-refractivity contribution >= 4 is 21.4 Å². The van der Waals surface area contributed by atoms with Crippen LogP contribution in [0.1, 0.15) is 37.3 Å². The van der Waals surface area contributed by atoms with Crippen molar-refractivity contribution in [2.24, 2.45) is 0 Å². The lowest BCUT2D eigenvalue weighted by molar-refractivity contribution is -0.385. The van der Waals surface area contributed by atoms with Gasteiger partial charge >= 0.3 is 0 Å². The molecule has 1 N–H and O–H groups in total. The molecule has 2 aliphatic heterocycles. The van der Waals surface area contributed by atoms with Gasteiger partial charge < -0.3 is 10.1 Å². The van der Waals surface area contributed by atoms with Crippen LogP contribution in [-0.4, -0.2) is 61.4 Å². The van der Waals surface area contributed by atoms with Gasteiger partial charge in [0.25, 0.3) is 5.69 Å². The predicted octanol–water partition coefficient (Wildman–Crippen LogP) is 3.60. The van der Waals surface area contributed by atoms with Crippen LogP contribution < -0.4 is 5.32 Å². The summed E-state index contributed by atoms with van der Waals surface area (Å²) < 4.78 is 33.3. The SMILES string of the molecule is CC1CCCCN1Cc1ccccc1CNc1ccc([N+](=O)[O-])cc1S(=O)(=O)N1CCOCC1. The van der Waals surface area contributed by atoms with E-state index >= 15 is 0 Å². The number of morpholine rings is 1. The molecule has 0 radical (unpaired) electrons. The van der Waals surface area contributed by atoms with Crippen LogP contribution in [0.3, 0.4) is 0 Å². The van der Waals surface area contributed by atoms with Crippen LogP contribution >= 0.6 is 0 Å². The zero-order valence-electron chi connectivity index (χ0n) is 19.5. The van der Waals surface area contributed by atoms with Gasteiger partial charge in [-0.25, -0.2) is 8.42 Å². The van der Waals surface area contributed by atoms with Crippen molar-refractivity contribution in [3.05, 3.63) is 63.7 Å². The zero-order valence-corrected chi connectivity index (χ0v) is 20.3. The molecule has 0 saturated carbocycles. The topological polar surface area (TPSA) is 105 Å². The van der Waals surface area contributed by atoms with E-state index in [0.29, 0.717) is 31.5 Å². The van der Waals surface area contributed by atoms with Crippen LogP contribution in [0.15, 0.2) is 47.4 Å². The Kier molecular flexibility index (Phi) is 7.82. The summed E-state index contributed by atoms with van der Waals surface area (Å²) in [5, 5.41) is 14.6. The highest BCUT2D eigenvalue weighted by Gasteiger charge is 2.30. The second kappa shape index (κ2) is 10.8. The summed E-state index contributed by atoms with van der Waals surface area (Å²) >= 11 is 0. The Bertz CT molecular complexity index is 1120. The van der Waals surface area contributed by atoms with Crippen molar-refractivity contribution in [1.29, 1.82) is 0 Å². The average Bonchev–Trinajstić information content (AvgIpc) is 2.85. The van der Waals surface area contributed by atoms with Crippen LogP contribution in [0.5, 0.6) is 0 Å². The summed E-state index contributed by atoms with van der Waals surface area (Å²) in [7, 11) is -3.92. The van der Waals surface area contributed by atoms with Crippen molar-refractivity contribution in [1.82, 2.24) is 9.21 Å². The highest BCUT2D eigenvalue weighted by molar-refractivity contribution is 7.89. The van der Waals surface area contributed by atoms with Crippen LogP contribution in [0, 0.1) is 10.1 Å². The summed E-state index contributed by atoms with van der Waals surface area (Å²) in [6.45, 7) is 5.66. The van der Waals surface area contributed by atoms with Crippen molar-refractivity contribution < 1.29 is 18.1 Å². The minimum atomic E-state index is -3.92. The molecule has 2 aliphatic rings. The monoisotopic (exact) mass is 488 g/mol. The van der Waals surface area contributed by atoms with E-state index in [2.05, 4.69) is 23.2 Å². The van der Waals surface area contributed by atoms with Gasteiger partial charge in [-0.1, -0.05) is 30.7 Å². The molecule has 9 nitrogen and oxygen atoms in total. The number of sulfonamides is 1. The maximum Gasteiger partial charge on any atom is 0.270 e. The Labute approximate surface area is 200 Å². The van der Waals surface area contributed by atoms with Gasteiger partial charge in [-0.2, -0.15) is 4.31 Å². The number of likely N-dealkylation sites (tertiary alicyclic amines) is 1. The third-order valence-electron chi connectivity index (χ3n) is 6.67. The average molecular weight is 489 g/mol. The van der Waals surface area contributed by atoms with Crippen LogP contribution in [0.2, 0.25) is 0 Å². The van der Waals surface area contributed by atoms with Crippen LogP contribution in [0.25, 0.3) is 0 Å². The number of benzene rings is 2. The van der Waals surface area contributed by atoms with E-state index in [1.54, 1.807) is 0 Å². The fourth-order valence-electron chi connectivity index (χ4n) is 4.60. The molecule has 10 heteroatoms. The molecule has 184 valence electrons. The van der Waals surface area contributed by atoms with E-state index in [1.807, 2.05) is 18.2 Å². The fraction of sp³-hybridized carbons (Fsp3) is 0.500. The van der Waals surface area contributed by atoms with E-state index in [4.69, 9.17) is 4.74 Å². The Hall–Kier alpha value is -2.53. The van der Waals surface area contributed by atoms with Gasteiger partial charge in [0.2, 0.25) is 10.0 Å². The first-order valence-electron chi connectivity index (χ1n) is 11.8. The molecule has 2 aromatic rings. The molecule has 0 aliphatic carbocycles. The fourth-order valence-corrected chi connectivity index (χ4v) is 6.19. The van der Waals surface area contributed by atoms with Gasteiger partial charge in [-0.15, -0.1) is 0 Å². The van der Waals surface area contributed by atoms with Gasteiger partial charge in [-0.05, 0) is 43.5 Å². The van der Waals surface area contributed by atoms with E-state index < -0.39 is 14.9 Å². The molecular formula is C24H32N4O5S. The van der Waals surface area contributed by atoms with Crippen molar-refractivity contribution in [2.75, 3.05) is 38.2 Å². The van der Waals surface area contributed by atoms with Gasteiger partial charge in [0, 0.05) is 44.4 Å². The first kappa shape index (κ1) is 24.6. The molecule has 2 aromatic carbocycles. The van der Waals surface area contributed by atoms with Crippen molar-refractivity contribution in [3.63, 3.8) is 0 Å². The molecule has 4 rings (SSSR count). The van der Waals surface area contributed by atoms with E-state index in [1.165, 1.54) is 41.3 Å². The molecule has 0 spiro atoms. The highest BCUT2D eigenvalue weighted by Crippen LogP contribution is 2.30. The number of hydrogen-bond donors (Lipinski definition) is 1. The van der Waals surface area contributed by atoms with Gasteiger partial charge in [0.15, 0.2) is 0 Å². The van der Waals surface area contributed by atoms with Crippen LogP contribution in [-0.2, 0) is 27.8 Å². The molecule has 2 saturated heterocycles. The molecule has 2 heterocycles. The van der Waals surface area contributed by atoms with Gasteiger partial charge in [0.1, 0.15) is 4.90 Å². The number of nitrogens with one attached hydrogen (secondary N) is 1. The Balaban J connectivity index is 1.58. The summed E-state index contributed by atoms with van der Waals surface area (Å²) in [5.41, 5.74) is 2.38. The van der Waals surface area contributed by atoms with Crippen LogP contribution in [0.4, 0.5) is 11.4 Å². The molecule has 34 heavy (non-hydrogen) atoms. The summed E-state index contributed by atoms with van der Waals surface area (Å²) in [6, 6.07) is 12.7. The molecule has 1 atom stereocenters. The Morgan fingerprint density at radius 1 is 1.09 bits per heavy atom. The third kappa shape index (κ3) is 5.57. The summed E-state index contributed by atoms with van der Waals surface area (Å²) in [5.74, 6) is 0. The predicted molar refractivity (Wildman–Crippen MR) is 130 cm³/mol. The normalized spacial score (nSPS) is 20.2. The number of hydrogen-bond acceptors (Lipinski definition) is 7. The molecule has 2 fully saturated rings. The second-order valence-corrected chi connectivity index (χ2v) is 10.8. The number of anilines is 1. The number of rotatable bonds is 8. The molecule has 0 bridgehead atoms. The molecule has 1 unspecified atom stereocenters. The second-order valence-electron chi connectivity index (χ2n) is 8.89. The molecule has 0 amide bonds. The highest BCUT2D eigenvalue weighted by atomic mass is 32.2.